The van der Waals surface area contributed by atoms with E-state index in [2.05, 4.69) is 35.8 Å². The van der Waals surface area contributed by atoms with E-state index in [1.54, 1.807) is 7.11 Å². The summed E-state index contributed by atoms with van der Waals surface area (Å²) in [6.07, 6.45) is 0. The molecule has 0 bridgehead atoms. The van der Waals surface area contributed by atoms with E-state index in [0.717, 1.165) is 34.0 Å². The molecule has 0 unspecified atom stereocenters. The number of carbonyl (C=O) groups excluding carboxylic acids is 1. The van der Waals surface area contributed by atoms with Gasteiger partial charge in [0.2, 0.25) is 0 Å². The predicted octanol–water partition coefficient (Wildman–Crippen LogP) is 6.03. The number of aryl methyl sites for hydroxylation is 1. The van der Waals surface area contributed by atoms with Crippen molar-refractivity contribution in [3.63, 3.8) is 0 Å². The van der Waals surface area contributed by atoms with Crippen molar-refractivity contribution in [1.82, 2.24) is 4.57 Å². The second-order valence-corrected chi connectivity index (χ2v) is 8.32. The first-order chi connectivity index (χ1) is 13.6. The maximum atomic E-state index is 13.2. The summed E-state index contributed by atoms with van der Waals surface area (Å²) in [5.74, 6) is 0.489. The van der Waals surface area contributed by atoms with E-state index in [1.807, 2.05) is 58.9 Å². The first kappa shape index (κ1) is 20.7. The summed E-state index contributed by atoms with van der Waals surface area (Å²) in [7, 11) is 1.65. The van der Waals surface area contributed by atoms with E-state index in [9.17, 15) is 4.79 Å². The van der Waals surface area contributed by atoms with Crippen LogP contribution in [-0.2, 0) is 4.74 Å². The van der Waals surface area contributed by atoms with Crippen LogP contribution in [0.25, 0.3) is 16.8 Å². The largest absolute Gasteiger partial charge is 0.497 e. The van der Waals surface area contributed by atoms with Crippen molar-refractivity contribution in [2.24, 2.45) is 0 Å². The summed E-state index contributed by atoms with van der Waals surface area (Å²) in [5, 5.41) is 0. The molecular formula is C25H29NO3. The molecule has 4 heteroatoms. The Balaban J connectivity index is 2.24. The number of hydrogen-bond donors (Lipinski definition) is 0. The number of nitrogens with zero attached hydrogens (tertiary/aromatic N) is 1. The lowest BCUT2D eigenvalue weighted by Crippen LogP contribution is -2.24. The smallest absolute Gasteiger partial charge is 0.341 e. The normalized spacial score (nSPS) is 11.4. The minimum Gasteiger partial charge on any atom is -0.497 e. The minimum absolute atomic E-state index is 0.305. The van der Waals surface area contributed by atoms with Crippen molar-refractivity contribution >= 4 is 5.97 Å². The van der Waals surface area contributed by atoms with Crippen molar-refractivity contribution in [2.45, 2.75) is 47.1 Å². The van der Waals surface area contributed by atoms with Crippen LogP contribution in [0.15, 0.2) is 48.5 Å². The van der Waals surface area contributed by atoms with Crippen LogP contribution < -0.4 is 4.74 Å². The molecule has 0 amide bonds. The highest BCUT2D eigenvalue weighted by Gasteiger charge is 2.28. The highest BCUT2D eigenvalue weighted by molar-refractivity contribution is 6.00. The summed E-state index contributed by atoms with van der Waals surface area (Å²) >= 11 is 0. The number of methoxy groups -OCH3 is 1. The van der Waals surface area contributed by atoms with Crippen molar-refractivity contribution in [3.8, 4) is 22.6 Å². The van der Waals surface area contributed by atoms with Crippen LogP contribution in [0.5, 0.6) is 5.75 Å². The second-order valence-electron chi connectivity index (χ2n) is 8.32. The molecule has 0 aliphatic carbocycles. The molecule has 0 saturated carbocycles. The summed E-state index contributed by atoms with van der Waals surface area (Å²) in [6, 6.07) is 16.1. The van der Waals surface area contributed by atoms with E-state index in [0.29, 0.717) is 5.56 Å². The highest BCUT2D eigenvalue weighted by Crippen LogP contribution is 2.36. The van der Waals surface area contributed by atoms with E-state index in [4.69, 9.17) is 9.47 Å². The van der Waals surface area contributed by atoms with Crippen LogP contribution in [0.2, 0.25) is 0 Å². The zero-order valence-electron chi connectivity index (χ0n) is 18.3. The number of aromatic nitrogens is 1. The molecule has 2 aromatic carbocycles. The van der Waals surface area contributed by atoms with Gasteiger partial charge in [-0.1, -0.05) is 29.8 Å². The summed E-state index contributed by atoms with van der Waals surface area (Å²) < 4.78 is 13.1. The maximum Gasteiger partial charge on any atom is 0.341 e. The zero-order valence-corrected chi connectivity index (χ0v) is 18.3. The third kappa shape index (κ3) is 4.21. The average Bonchev–Trinajstić information content (AvgIpc) is 2.92. The molecule has 0 N–H and O–H groups in total. The summed E-state index contributed by atoms with van der Waals surface area (Å²) in [6.45, 7) is 11.7. The Morgan fingerprint density at radius 2 is 1.45 bits per heavy atom. The fourth-order valence-electron chi connectivity index (χ4n) is 3.61. The first-order valence-electron chi connectivity index (χ1n) is 9.79. The van der Waals surface area contributed by atoms with Gasteiger partial charge in [0.1, 0.15) is 11.4 Å². The van der Waals surface area contributed by atoms with Crippen LogP contribution in [0, 0.1) is 20.8 Å². The van der Waals surface area contributed by atoms with E-state index in [-0.39, 0.29) is 5.97 Å². The Bertz CT molecular complexity index is 1020. The Hall–Kier alpha value is -3.01. The molecule has 1 heterocycles. The summed E-state index contributed by atoms with van der Waals surface area (Å²) in [5.41, 5.74) is 5.97. The van der Waals surface area contributed by atoms with Crippen molar-refractivity contribution < 1.29 is 14.3 Å². The topological polar surface area (TPSA) is 40.5 Å². The third-order valence-electron chi connectivity index (χ3n) is 4.92. The van der Waals surface area contributed by atoms with Gasteiger partial charge in [0.05, 0.1) is 12.7 Å². The highest BCUT2D eigenvalue weighted by atomic mass is 16.6. The number of benzene rings is 2. The predicted molar refractivity (Wildman–Crippen MR) is 117 cm³/mol. The van der Waals surface area contributed by atoms with Gasteiger partial charge in [-0.15, -0.1) is 0 Å². The van der Waals surface area contributed by atoms with Gasteiger partial charge in [0.25, 0.3) is 0 Å². The molecule has 3 rings (SSSR count). The second kappa shape index (κ2) is 7.78. The quantitative estimate of drug-likeness (QED) is 0.510. The lowest BCUT2D eigenvalue weighted by Gasteiger charge is -2.20. The number of carbonyl (C=O) groups is 1. The molecule has 29 heavy (non-hydrogen) atoms. The van der Waals surface area contributed by atoms with Gasteiger partial charge in [-0.05, 0) is 71.4 Å². The van der Waals surface area contributed by atoms with Crippen LogP contribution in [0.4, 0.5) is 0 Å². The maximum absolute atomic E-state index is 13.2. The molecule has 0 atom stereocenters. The minimum atomic E-state index is -0.565. The number of rotatable bonds is 4. The molecule has 152 valence electrons. The molecule has 3 aromatic rings. The lowest BCUT2D eigenvalue weighted by molar-refractivity contribution is 0.00696. The van der Waals surface area contributed by atoms with Gasteiger partial charge in [-0.25, -0.2) is 4.79 Å². The standard InChI is InChI=1S/C25H29NO3/c1-16-8-10-19(11-9-16)22-17(2)26(20-12-14-21(28-7)15-13-20)18(3)23(22)24(27)29-25(4,5)6/h8-15H,1-7H3. The molecule has 0 saturated heterocycles. The van der Waals surface area contributed by atoms with Gasteiger partial charge >= 0.3 is 5.97 Å². The lowest BCUT2D eigenvalue weighted by atomic mass is 9.99. The van der Waals surface area contributed by atoms with Gasteiger partial charge in [-0.3, -0.25) is 0 Å². The first-order valence-corrected chi connectivity index (χ1v) is 9.79. The Kier molecular flexibility index (Phi) is 5.56. The fraction of sp³-hybridized carbons (Fsp3) is 0.320. The Labute approximate surface area is 173 Å². The third-order valence-corrected chi connectivity index (χ3v) is 4.92. The number of ether oxygens (including phenoxy) is 2. The van der Waals surface area contributed by atoms with Gasteiger partial charge in [-0.2, -0.15) is 0 Å². The summed E-state index contributed by atoms with van der Waals surface area (Å²) in [4.78, 5) is 13.2. The molecular weight excluding hydrogens is 362 g/mol. The fourth-order valence-corrected chi connectivity index (χ4v) is 3.61. The molecule has 1 aromatic heterocycles. The number of esters is 1. The monoisotopic (exact) mass is 391 g/mol. The van der Waals surface area contributed by atoms with Crippen LogP contribution in [0.3, 0.4) is 0 Å². The number of hydrogen-bond acceptors (Lipinski definition) is 3. The SMILES string of the molecule is COc1ccc(-n2c(C)c(C(=O)OC(C)(C)C)c(-c3ccc(C)cc3)c2C)cc1. The Morgan fingerprint density at radius 1 is 0.862 bits per heavy atom. The van der Waals surface area contributed by atoms with Crippen molar-refractivity contribution in [1.29, 1.82) is 0 Å². The van der Waals surface area contributed by atoms with E-state index in [1.165, 1.54) is 5.56 Å². The van der Waals surface area contributed by atoms with Crippen molar-refractivity contribution in [3.05, 3.63) is 71.0 Å². The van der Waals surface area contributed by atoms with Crippen LogP contribution in [0.1, 0.15) is 48.1 Å². The molecule has 0 fully saturated rings. The molecule has 0 radical (unpaired) electrons. The Morgan fingerprint density at radius 3 is 1.97 bits per heavy atom. The van der Waals surface area contributed by atoms with Crippen LogP contribution in [-0.4, -0.2) is 23.2 Å². The van der Waals surface area contributed by atoms with Gasteiger partial charge in [0.15, 0.2) is 0 Å². The van der Waals surface area contributed by atoms with Gasteiger partial charge in [0, 0.05) is 22.6 Å². The molecule has 0 aliphatic rings. The van der Waals surface area contributed by atoms with E-state index < -0.39 is 5.60 Å². The van der Waals surface area contributed by atoms with Crippen molar-refractivity contribution in [2.75, 3.05) is 7.11 Å². The molecule has 4 nitrogen and oxygen atoms in total. The molecule has 0 aliphatic heterocycles. The average molecular weight is 392 g/mol. The zero-order chi connectivity index (χ0) is 21.3. The van der Waals surface area contributed by atoms with Crippen LogP contribution >= 0.6 is 0 Å². The van der Waals surface area contributed by atoms with E-state index >= 15 is 0 Å². The molecule has 0 spiro atoms. The van der Waals surface area contributed by atoms with Gasteiger partial charge < -0.3 is 14.0 Å².